The van der Waals surface area contributed by atoms with Gasteiger partial charge in [0.15, 0.2) is 17.6 Å². The second-order valence-electron chi connectivity index (χ2n) is 14.9. The number of fused-ring (bicyclic) bond motifs is 2. The van der Waals surface area contributed by atoms with Crippen molar-refractivity contribution in [3.63, 3.8) is 0 Å². The van der Waals surface area contributed by atoms with Crippen LogP contribution < -0.4 is 24.3 Å². The first kappa shape index (κ1) is 40.7. The first-order valence-electron chi connectivity index (χ1n) is 19.8. The number of hydrogen-bond donors (Lipinski definition) is 2. The molecule has 0 saturated heterocycles. The van der Waals surface area contributed by atoms with Crippen LogP contribution in [0.2, 0.25) is 10.0 Å². The van der Waals surface area contributed by atoms with Crippen molar-refractivity contribution >= 4 is 35.1 Å². The summed E-state index contributed by atoms with van der Waals surface area (Å²) in [4.78, 5) is 33.2. The number of nitrogens with zero attached hydrogens (tertiary/aromatic N) is 2. The zero-order valence-corrected chi connectivity index (χ0v) is 34.3. The molecule has 0 saturated carbocycles. The van der Waals surface area contributed by atoms with E-state index in [-0.39, 0.29) is 24.5 Å². The quantitative estimate of drug-likeness (QED) is 0.110. The molecule has 2 aliphatic rings. The maximum absolute atomic E-state index is 14.4. The smallest absolute Gasteiger partial charge is 0.326 e. The molecule has 3 heterocycles. The highest BCUT2D eigenvalue weighted by Gasteiger charge is 2.38. The molecule has 0 fully saturated rings. The van der Waals surface area contributed by atoms with Crippen molar-refractivity contribution in [3.8, 4) is 28.7 Å². The minimum absolute atomic E-state index is 0.101. The Morgan fingerprint density at radius 1 is 0.833 bits per heavy atom. The Balaban J connectivity index is 0.981. The van der Waals surface area contributed by atoms with Crippen LogP contribution in [-0.4, -0.2) is 45.6 Å². The van der Waals surface area contributed by atoms with Gasteiger partial charge in [-0.05, 0) is 107 Å². The fourth-order valence-corrected chi connectivity index (χ4v) is 8.08. The minimum atomic E-state index is -1.15. The molecule has 0 spiro atoms. The number of amides is 1. The first-order valence-corrected chi connectivity index (χ1v) is 20.6. The molecule has 8 rings (SSSR count). The van der Waals surface area contributed by atoms with Gasteiger partial charge >= 0.3 is 5.97 Å². The molecule has 10 nitrogen and oxygen atoms in total. The van der Waals surface area contributed by atoms with Crippen LogP contribution in [0.4, 0.5) is 0 Å². The van der Waals surface area contributed by atoms with E-state index in [0.717, 1.165) is 39.8 Å². The predicted octanol–water partition coefficient (Wildman–Crippen LogP) is 9.96. The normalized spacial score (nSPS) is 16.9. The lowest BCUT2D eigenvalue weighted by molar-refractivity contribution is -0.143. The summed E-state index contributed by atoms with van der Waals surface area (Å²) in [6.07, 6.45) is 4.14. The van der Waals surface area contributed by atoms with E-state index < -0.39 is 18.1 Å². The average molecular weight is 845 g/mol. The van der Waals surface area contributed by atoms with Gasteiger partial charge in [0, 0.05) is 31.4 Å². The van der Waals surface area contributed by atoms with Crippen LogP contribution in [0.1, 0.15) is 58.9 Å². The number of carboxylic acid groups (broad SMARTS) is 1. The Morgan fingerprint density at radius 3 is 2.25 bits per heavy atom. The average Bonchev–Trinajstić information content (AvgIpc) is 3.27. The Labute approximate surface area is 358 Å². The van der Waals surface area contributed by atoms with Gasteiger partial charge in [-0.2, -0.15) is 0 Å². The summed E-state index contributed by atoms with van der Waals surface area (Å²) in [7, 11) is 0. The Hall–Kier alpha value is -6.07. The highest BCUT2D eigenvalue weighted by molar-refractivity contribution is 6.42. The maximum atomic E-state index is 14.4. The molecule has 0 unspecified atom stereocenters. The number of carboxylic acids is 1. The van der Waals surface area contributed by atoms with Crippen molar-refractivity contribution < 1.29 is 33.6 Å². The van der Waals surface area contributed by atoms with Crippen molar-refractivity contribution in [2.75, 3.05) is 6.61 Å². The molecule has 2 N–H and O–H groups in total. The Morgan fingerprint density at radius 2 is 1.53 bits per heavy atom. The maximum Gasteiger partial charge on any atom is 0.326 e. The lowest BCUT2D eigenvalue weighted by Crippen LogP contribution is -2.55. The molecule has 1 amide bonds. The summed E-state index contributed by atoms with van der Waals surface area (Å²) in [5, 5.41) is 14.2. The van der Waals surface area contributed by atoms with Gasteiger partial charge in [0.2, 0.25) is 5.91 Å². The van der Waals surface area contributed by atoms with Gasteiger partial charge in [0.25, 0.3) is 0 Å². The molecule has 12 heteroatoms. The Bertz CT molecular complexity index is 2440. The number of ether oxygens (including phenoxy) is 4. The van der Waals surface area contributed by atoms with Crippen LogP contribution in [0.15, 0.2) is 134 Å². The van der Waals surface area contributed by atoms with Crippen LogP contribution in [0.5, 0.6) is 28.7 Å². The predicted molar refractivity (Wildman–Crippen MR) is 229 cm³/mol. The number of pyridine rings is 1. The first-order chi connectivity index (χ1) is 29.2. The van der Waals surface area contributed by atoms with Crippen LogP contribution >= 0.6 is 23.2 Å². The molecular weight excluding hydrogens is 801 g/mol. The number of rotatable bonds is 14. The van der Waals surface area contributed by atoms with Crippen molar-refractivity contribution in [2.45, 2.75) is 63.6 Å². The number of benzene rings is 5. The lowest BCUT2D eigenvalue weighted by atomic mass is 9.89. The summed E-state index contributed by atoms with van der Waals surface area (Å²) in [5.41, 5.74) is 5.65. The van der Waals surface area contributed by atoms with Gasteiger partial charge in [0.1, 0.15) is 36.5 Å². The number of carbonyl (C=O) groups is 2. The molecule has 2 aliphatic heterocycles. The molecule has 306 valence electrons. The fraction of sp³-hybridized carbons (Fsp3) is 0.229. The van der Waals surface area contributed by atoms with E-state index in [1.54, 1.807) is 48.8 Å². The minimum Gasteiger partial charge on any atom is -0.489 e. The van der Waals surface area contributed by atoms with Crippen LogP contribution in [-0.2, 0) is 35.6 Å². The molecule has 1 aromatic heterocycles. The number of aliphatic carboxylic acids is 1. The van der Waals surface area contributed by atoms with Gasteiger partial charge in [-0.1, -0.05) is 90.8 Å². The van der Waals surface area contributed by atoms with E-state index >= 15 is 0 Å². The summed E-state index contributed by atoms with van der Waals surface area (Å²) >= 11 is 12.2. The summed E-state index contributed by atoms with van der Waals surface area (Å²) < 4.78 is 24.7. The molecular formula is C48H43Cl2N3O7. The van der Waals surface area contributed by atoms with E-state index in [4.69, 9.17) is 42.1 Å². The van der Waals surface area contributed by atoms with E-state index in [1.165, 1.54) is 0 Å². The number of halogens is 2. The number of aromatic nitrogens is 1. The molecule has 6 aromatic rings. The highest BCUT2D eigenvalue weighted by Crippen LogP contribution is 2.42. The van der Waals surface area contributed by atoms with Gasteiger partial charge in [-0.3, -0.25) is 14.7 Å². The van der Waals surface area contributed by atoms with E-state index in [2.05, 4.69) is 34.3 Å². The van der Waals surface area contributed by atoms with E-state index in [1.807, 2.05) is 72.8 Å². The van der Waals surface area contributed by atoms with Crippen molar-refractivity contribution in [2.24, 2.45) is 0 Å². The topological polar surface area (TPSA) is 119 Å². The SMILES string of the molecule is CC[C@@H](c1ccccc1)N1Cc2cc3c(cc2C[C@H]1C(=O)N[C@@H](Cc1ccc(Oc2ccncc2)cc1)C(=O)O)OC[C@H](c1ccc(OCc2ccc(Cl)c(Cl)c2)cc1)O3. The third-order valence-electron chi connectivity index (χ3n) is 10.9. The van der Waals surface area contributed by atoms with E-state index in [0.29, 0.717) is 65.0 Å². The molecule has 60 heavy (non-hydrogen) atoms. The molecule has 0 radical (unpaired) electrons. The molecule has 0 aliphatic carbocycles. The molecule has 4 atom stereocenters. The zero-order valence-electron chi connectivity index (χ0n) is 32.8. The largest absolute Gasteiger partial charge is 0.489 e. The van der Waals surface area contributed by atoms with Crippen molar-refractivity contribution in [3.05, 3.63) is 177 Å². The standard InChI is InChI=1S/C48H43Cl2N3O7/c1-2-42(32-6-4-3-5-7-32)53-27-35-26-45-44(58-29-46(60-45)33-11-15-36(16-12-33)57-28-31-10-17-39(49)40(50)22-31)25-34(35)24-43(53)47(54)52-41(48(55)56)23-30-8-13-37(14-9-30)59-38-18-20-51-21-19-38/h3-22,25-26,41-43,46H,2,23-24,27-29H2,1H3,(H,52,54)(H,55,56)/t41-,42-,43-,46+/m0/s1. The van der Waals surface area contributed by atoms with Crippen molar-refractivity contribution in [1.29, 1.82) is 0 Å². The third kappa shape index (κ3) is 9.52. The summed E-state index contributed by atoms with van der Waals surface area (Å²) in [6, 6.07) is 36.0. The van der Waals surface area contributed by atoms with Crippen LogP contribution in [0, 0.1) is 0 Å². The van der Waals surface area contributed by atoms with Crippen LogP contribution in [0.25, 0.3) is 0 Å². The van der Waals surface area contributed by atoms with Gasteiger partial charge in [-0.25, -0.2) is 4.79 Å². The highest BCUT2D eigenvalue weighted by atomic mass is 35.5. The monoisotopic (exact) mass is 843 g/mol. The number of carbonyl (C=O) groups excluding carboxylic acids is 1. The second kappa shape index (κ2) is 18.5. The lowest BCUT2D eigenvalue weighted by Gasteiger charge is -2.42. The summed E-state index contributed by atoms with van der Waals surface area (Å²) in [5.74, 6) is 1.72. The second-order valence-corrected chi connectivity index (χ2v) is 15.7. The fourth-order valence-electron chi connectivity index (χ4n) is 7.76. The van der Waals surface area contributed by atoms with Gasteiger partial charge < -0.3 is 29.4 Å². The van der Waals surface area contributed by atoms with Gasteiger partial charge in [0.05, 0.1) is 16.1 Å². The van der Waals surface area contributed by atoms with Gasteiger partial charge in [-0.15, -0.1) is 0 Å². The zero-order chi connectivity index (χ0) is 41.6. The third-order valence-corrected chi connectivity index (χ3v) is 11.6. The number of hydrogen-bond acceptors (Lipinski definition) is 8. The van der Waals surface area contributed by atoms with E-state index in [9.17, 15) is 14.7 Å². The number of nitrogens with one attached hydrogen (secondary N) is 1. The Kier molecular flexibility index (Phi) is 12.5. The van der Waals surface area contributed by atoms with Crippen LogP contribution in [0.3, 0.4) is 0 Å². The summed E-state index contributed by atoms with van der Waals surface area (Å²) in [6.45, 7) is 3.19. The van der Waals surface area contributed by atoms with Crippen molar-refractivity contribution in [1.82, 2.24) is 15.2 Å². The molecule has 5 aromatic carbocycles. The molecule has 0 bridgehead atoms.